The van der Waals surface area contributed by atoms with Gasteiger partial charge in [-0.05, 0) is 13.0 Å². The van der Waals surface area contributed by atoms with Gasteiger partial charge in [-0.15, -0.1) is 0 Å². The molecule has 0 saturated carbocycles. The van der Waals surface area contributed by atoms with Crippen LogP contribution in [-0.2, 0) is 4.74 Å². The molecule has 2 rings (SSSR count). The Bertz CT molecular complexity index is 327. The van der Waals surface area contributed by atoms with Crippen LogP contribution < -0.4 is 10.1 Å². The number of benzene rings is 1. The average Bonchev–Trinajstić information content (AvgIpc) is 2.62. The van der Waals surface area contributed by atoms with Crippen LogP contribution in [0.25, 0.3) is 0 Å². The average molecular weight is 207 g/mol. The lowest BCUT2D eigenvalue weighted by molar-refractivity contribution is 0.163. The van der Waals surface area contributed by atoms with Crippen molar-refractivity contribution in [1.29, 1.82) is 0 Å². The highest BCUT2D eigenvalue weighted by Gasteiger charge is 2.24. The highest BCUT2D eigenvalue weighted by Crippen LogP contribution is 2.31. The van der Waals surface area contributed by atoms with Crippen LogP contribution in [0.1, 0.15) is 18.5 Å². The van der Waals surface area contributed by atoms with Crippen LogP contribution in [0.2, 0.25) is 0 Å². The summed E-state index contributed by atoms with van der Waals surface area (Å²) >= 11 is 0. The number of nitrogens with one attached hydrogen (secondary N) is 1. The first-order valence-corrected chi connectivity index (χ1v) is 5.28. The zero-order valence-corrected chi connectivity index (χ0v) is 9.19. The predicted molar refractivity (Wildman–Crippen MR) is 59.2 cm³/mol. The van der Waals surface area contributed by atoms with Crippen molar-refractivity contribution in [3.63, 3.8) is 0 Å². The van der Waals surface area contributed by atoms with E-state index in [1.807, 2.05) is 18.2 Å². The van der Waals surface area contributed by atoms with Crippen LogP contribution in [0.5, 0.6) is 5.75 Å². The standard InChI is InChI=1S/C12H17NO2/c1-9(7-14-2)13-11-8-15-12-6-4-3-5-10(11)12/h3-6,9,11,13H,7-8H2,1-2H3. The number of hydrogen-bond donors (Lipinski definition) is 1. The molecule has 3 nitrogen and oxygen atoms in total. The first-order chi connectivity index (χ1) is 7.31. The molecule has 0 radical (unpaired) electrons. The Kier molecular flexibility index (Phi) is 3.23. The number of methoxy groups -OCH3 is 1. The Hall–Kier alpha value is -1.06. The third kappa shape index (κ3) is 2.30. The topological polar surface area (TPSA) is 30.5 Å². The van der Waals surface area contributed by atoms with Gasteiger partial charge in [0, 0.05) is 18.7 Å². The van der Waals surface area contributed by atoms with Gasteiger partial charge in [0.25, 0.3) is 0 Å². The molecule has 1 aromatic rings. The molecule has 0 amide bonds. The molecule has 0 aliphatic carbocycles. The molecule has 1 aliphatic rings. The highest BCUT2D eigenvalue weighted by molar-refractivity contribution is 5.39. The first kappa shape index (κ1) is 10.5. The van der Waals surface area contributed by atoms with Gasteiger partial charge in [-0.2, -0.15) is 0 Å². The van der Waals surface area contributed by atoms with Crippen LogP contribution in [0.4, 0.5) is 0 Å². The van der Waals surface area contributed by atoms with Gasteiger partial charge < -0.3 is 14.8 Å². The second-order valence-electron chi connectivity index (χ2n) is 3.92. The predicted octanol–water partition coefficient (Wildman–Crippen LogP) is 1.74. The van der Waals surface area contributed by atoms with Gasteiger partial charge in [0.05, 0.1) is 12.6 Å². The summed E-state index contributed by atoms with van der Waals surface area (Å²) in [6.45, 7) is 3.55. The first-order valence-electron chi connectivity index (χ1n) is 5.28. The van der Waals surface area contributed by atoms with E-state index in [2.05, 4.69) is 18.3 Å². The van der Waals surface area contributed by atoms with Crippen LogP contribution in [-0.4, -0.2) is 26.4 Å². The highest BCUT2D eigenvalue weighted by atomic mass is 16.5. The molecule has 15 heavy (non-hydrogen) atoms. The summed E-state index contributed by atoms with van der Waals surface area (Å²) in [5.41, 5.74) is 1.25. The van der Waals surface area contributed by atoms with Crippen molar-refractivity contribution in [2.45, 2.75) is 19.0 Å². The van der Waals surface area contributed by atoms with E-state index in [1.54, 1.807) is 7.11 Å². The molecule has 2 unspecified atom stereocenters. The normalized spacial score (nSPS) is 20.8. The summed E-state index contributed by atoms with van der Waals surface area (Å²) in [7, 11) is 1.72. The number of para-hydroxylation sites is 1. The largest absolute Gasteiger partial charge is 0.491 e. The van der Waals surface area contributed by atoms with Crippen molar-refractivity contribution in [2.75, 3.05) is 20.3 Å². The van der Waals surface area contributed by atoms with Gasteiger partial charge >= 0.3 is 0 Å². The molecule has 0 saturated heterocycles. The molecule has 0 fully saturated rings. The Labute approximate surface area is 90.4 Å². The zero-order valence-electron chi connectivity index (χ0n) is 9.19. The fourth-order valence-electron chi connectivity index (χ4n) is 1.94. The van der Waals surface area contributed by atoms with E-state index in [-0.39, 0.29) is 0 Å². The maximum Gasteiger partial charge on any atom is 0.124 e. The van der Waals surface area contributed by atoms with E-state index in [0.29, 0.717) is 18.7 Å². The minimum atomic E-state index is 0.298. The maximum absolute atomic E-state index is 5.59. The second-order valence-corrected chi connectivity index (χ2v) is 3.92. The quantitative estimate of drug-likeness (QED) is 0.815. The third-order valence-electron chi connectivity index (χ3n) is 2.60. The van der Waals surface area contributed by atoms with Gasteiger partial charge in [0.15, 0.2) is 0 Å². The van der Waals surface area contributed by atoms with Gasteiger partial charge in [-0.1, -0.05) is 18.2 Å². The van der Waals surface area contributed by atoms with Gasteiger partial charge in [-0.3, -0.25) is 0 Å². The molecule has 2 atom stereocenters. The van der Waals surface area contributed by atoms with Crippen molar-refractivity contribution in [3.05, 3.63) is 29.8 Å². The van der Waals surface area contributed by atoms with E-state index < -0.39 is 0 Å². The van der Waals surface area contributed by atoms with E-state index in [1.165, 1.54) is 5.56 Å². The second kappa shape index (κ2) is 4.64. The number of ether oxygens (including phenoxy) is 2. The SMILES string of the molecule is COCC(C)NC1COc2ccccc21. The van der Waals surface area contributed by atoms with E-state index in [4.69, 9.17) is 9.47 Å². The van der Waals surface area contributed by atoms with Gasteiger partial charge in [0.1, 0.15) is 12.4 Å². The molecule has 3 heteroatoms. The van der Waals surface area contributed by atoms with Gasteiger partial charge in [-0.25, -0.2) is 0 Å². The molecular weight excluding hydrogens is 190 g/mol. The molecule has 0 spiro atoms. The third-order valence-corrected chi connectivity index (χ3v) is 2.60. The molecule has 0 aromatic heterocycles. The van der Waals surface area contributed by atoms with Crippen molar-refractivity contribution >= 4 is 0 Å². The summed E-state index contributed by atoms with van der Waals surface area (Å²) in [6, 6.07) is 8.81. The monoisotopic (exact) mass is 207 g/mol. The minimum Gasteiger partial charge on any atom is -0.491 e. The summed E-state index contributed by atoms with van der Waals surface area (Å²) < 4.78 is 10.7. The molecule has 82 valence electrons. The molecule has 0 bridgehead atoms. The number of rotatable bonds is 4. The summed E-state index contributed by atoms with van der Waals surface area (Å²) in [6.07, 6.45) is 0. The summed E-state index contributed by atoms with van der Waals surface area (Å²) in [5.74, 6) is 1.000. The zero-order chi connectivity index (χ0) is 10.7. The van der Waals surface area contributed by atoms with Crippen molar-refractivity contribution in [2.24, 2.45) is 0 Å². The van der Waals surface area contributed by atoms with Crippen LogP contribution in [0, 0.1) is 0 Å². The van der Waals surface area contributed by atoms with Crippen LogP contribution in [0.15, 0.2) is 24.3 Å². The van der Waals surface area contributed by atoms with Crippen LogP contribution in [0.3, 0.4) is 0 Å². The molecule has 1 aliphatic heterocycles. The smallest absolute Gasteiger partial charge is 0.124 e. The minimum absolute atomic E-state index is 0.298. The van der Waals surface area contributed by atoms with Crippen molar-refractivity contribution in [1.82, 2.24) is 5.32 Å². The number of hydrogen-bond acceptors (Lipinski definition) is 3. The van der Waals surface area contributed by atoms with Crippen molar-refractivity contribution < 1.29 is 9.47 Å². The Morgan fingerprint density at radius 2 is 2.33 bits per heavy atom. The Morgan fingerprint density at radius 3 is 3.13 bits per heavy atom. The fraction of sp³-hybridized carbons (Fsp3) is 0.500. The Morgan fingerprint density at radius 1 is 1.53 bits per heavy atom. The van der Waals surface area contributed by atoms with E-state index in [9.17, 15) is 0 Å². The van der Waals surface area contributed by atoms with Gasteiger partial charge in [0.2, 0.25) is 0 Å². The van der Waals surface area contributed by atoms with Crippen molar-refractivity contribution in [3.8, 4) is 5.75 Å². The summed E-state index contributed by atoms with van der Waals surface area (Å²) in [4.78, 5) is 0. The molecule has 1 heterocycles. The molecule has 1 aromatic carbocycles. The number of fused-ring (bicyclic) bond motifs is 1. The maximum atomic E-state index is 5.59. The van der Waals surface area contributed by atoms with Crippen LogP contribution >= 0.6 is 0 Å². The van der Waals surface area contributed by atoms with E-state index >= 15 is 0 Å². The fourth-order valence-corrected chi connectivity index (χ4v) is 1.94. The summed E-state index contributed by atoms with van der Waals surface area (Å²) in [5, 5.41) is 3.49. The lowest BCUT2D eigenvalue weighted by Gasteiger charge is -2.17. The lowest BCUT2D eigenvalue weighted by Crippen LogP contribution is -2.34. The molecular formula is C12H17NO2. The Balaban J connectivity index is 2.01. The lowest BCUT2D eigenvalue weighted by atomic mass is 10.1. The van der Waals surface area contributed by atoms with E-state index in [0.717, 1.165) is 12.4 Å². The molecule has 1 N–H and O–H groups in total.